The van der Waals surface area contributed by atoms with Crippen LogP contribution in [0.25, 0.3) is 0 Å². The number of carbonyl (C=O) groups is 2. The number of amides is 2. The van der Waals surface area contributed by atoms with E-state index in [1.165, 1.54) is 0 Å². The quantitative estimate of drug-likeness (QED) is 0.615. The molecule has 0 bridgehead atoms. The summed E-state index contributed by atoms with van der Waals surface area (Å²) in [4.78, 5) is 25.2. The Labute approximate surface area is 120 Å². The first-order chi connectivity index (χ1) is 9.46. The number of carboxylic acids is 1. The maximum absolute atomic E-state index is 11.7. The van der Waals surface area contributed by atoms with E-state index in [0.717, 1.165) is 32.2 Å². The van der Waals surface area contributed by atoms with E-state index in [4.69, 9.17) is 0 Å². The summed E-state index contributed by atoms with van der Waals surface area (Å²) < 4.78 is 0. The molecule has 1 rings (SSSR count). The molecule has 0 radical (unpaired) electrons. The van der Waals surface area contributed by atoms with E-state index in [9.17, 15) is 14.7 Å². The highest BCUT2D eigenvalue weighted by molar-refractivity contribution is 5.78. The van der Waals surface area contributed by atoms with Crippen LogP contribution in [0.5, 0.6) is 0 Å². The van der Waals surface area contributed by atoms with Gasteiger partial charge in [0.15, 0.2) is 0 Å². The van der Waals surface area contributed by atoms with Crippen LogP contribution in [0.1, 0.15) is 38.5 Å². The van der Waals surface area contributed by atoms with Gasteiger partial charge in [0, 0.05) is 13.1 Å². The lowest BCUT2D eigenvalue weighted by molar-refractivity contribution is -0.150. The second kappa shape index (κ2) is 8.09. The van der Waals surface area contributed by atoms with Crippen molar-refractivity contribution in [3.05, 3.63) is 0 Å². The van der Waals surface area contributed by atoms with Gasteiger partial charge in [0.25, 0.3) is 0 Å². The summed E-state index contributed by atoms with van der Waals surface area (Å²) in [5.41, 5.74) is -0.765. The summed E-state index contributed by atoms with van der Waals surface area (Å²) in [5, 5.41) is 14.9. The summed E-state index contributed by atoms with van der Waals surface area (Å²) in [6, 6.07) is -0.269. The van der Waals surface area contributed by atoms with Gasteiger partial charge in [0.1, 0.15) is 0 Å². The predicted molar refractivity (Wildman–Crippen MR) is 77.7 cm³/mol. The number of carboxylic acid groups (broad SMARTS) is 1. The molecule has 0 atom stereocenters. The topological polar surface area (TPSA) is 81.7 Å². The van der Waals surface area contributed by atoms with Gasteiger partial charge in [0.05, 0.1) is 5.41 Å². The van der Waals surface area contributed by atoms with Crippen LogP contribution in [0.15, 0.2) is 0 Å². The van der Waals surface area contributed by atoms with Crippen molar-refractivity contribution in [3.63, 3.8) is 0 Å². The van der Waals surface area contributed by atoms with Crippen molar-refractivity contribution in [1.29, 1.82) is 0 Å². The normalized spacial score (nSPS) is 17.8. The SMILES string of the molecule is CN(C)CCCNC(=O)NCC1(C(=O)O)CCCCC1. The fraction of sp³-hybridized carbons (Fsp3) is 0.857. The Morgan fingerprint density at radius 2 is 1.80 bits per heavy atom. The summed E-state index contributed by atoms with van der Waals surface area (Å²) in [5.74, 6) is -0.787. The highest BCUT2D eigenvalue weighted by Crippen LogP contribution is 2.35. The molecule has 6 heteroatoms. The maximum atomic E-state index is 11.7. The second-order valence-corrected chi connectivity index (χ2v) is 5.91. The Morgan fingerprint density at radius 3 is 2.35 bits per heavy atom. The molecular weight excluding hydrogens is 258 g/mol. The smallest absolute Gasteiger partial charge is 0.314 e. The van der Waals surface area contributed by atoms with Crippen LogP contribution in [0, 0.1) is 5.41 Å². The van der Waals surface area contributed by atoms with Crippen molar-refractivity contribution >= 4 is 12.0 Å². The van der Waals surface area contributed by atoms with E-state index in [2.05, 4.69) is 15.5 Å². The minimum Gasteiger partial charge on any atom is -0.481 e. The number of carbonyl (C=O) groups excluding carboxylic acids is 1. The lowest BCUT2D eigenvalue weighted by Gasteiger charge is -2.33. The zero-order valence-electron chi connectivity index (χ0n) is 12.6. The summed E-state index contributed by atoms with van der Waals surface area (Å²) in [7, 11) is 3.97. The molecule has 1 aliphatic rings. The number of nitrogens with one attached hydrogen (secondary N) is 2. The zero-order valence-corrected chi connectivity index (χ0v) is 12.6. The lowest BCUT2D eigenvalue weighted by Crippen LogP contribution is -2.47. The molecule has 0 aliphatic heterocycles. The van der Waals surface area contributed by atoms with Crippen LogP contribution in [-0.2, 0) is 4.79 Å². The Bertz CT molecular complexity index is 326. The van der Waals surface area contributed by atoms with Gasteiger partial charge >= 0.3 is 12.0 Å². The molecule has 0 heterocycles. The van der Waals surface area contributed by atoms with Crippen molar-refractivity contribution < 1.29 is 14.7 Å². The van der Waals surface area contributed by atoms with E-state index in [-0.39, 0.29) is 12.6 Å². The summed E-state index contributed by atoms with van der Waals surface area (Å²) in [6.45, 7) is 1.74. The van der Waals surface area contributed by atoms with Crippen molar-refractivity contribution in [1.82, 2.24) is 15.5 Å². The van der Waals surface area contributed by atoms with Gasteiger partial charge < -0.3 is 20.6 Å². The molecule has 2 amide bonds. The van der Waals surface area contributed by atoms with Gasteiger partial charge in [-0.1, -0.05) is 19.3 Å². The number of hydrogen-bond donors (Lipinski definition) is 3. The molecular formula is C14H27N3O3. The van der Waals surface area contributed by atoms with E-state index in [1.807, 2.05) is 14.1 Å². The van der Waals surface area contributed by atoms with Crippen LogP contribution in [0.2, 0.25) is 0 Å². The standard InChI is InChI=1S/C14H27N3O3/c1-17(2)10-6-9-15-13(20)16-11-14(12(18)19)7-4-3-5-8-14/h3-11H2,1-2H3,(H,18,19)(H2,15,16,20). The zero-order chi connectivity index (χ0) is 15.0. The fourth-order valence-corrected chi connectivity index (χ4v) is 2.60. The minimum absolute atomic E-state index is 0.224. The third-order valence-electron chi connectivity index (χ3n) is 3.92. The van der Waals surface area contributed by atoms with Gasteiger partial charge in [-0.15, -0.1) is 0 Å². The molecule has 0 aromatic heterocycles. The van der Waals surface area contributed by atoms with Crippen molar-refractivity contribution in [2.45, 2.75) is 38.5 Å². The first kappa shape index (κ1) is 16.8. The van der Waals surface area contributed by atoms with Crippen LogP contribution in [0.3, 0.4) is 0 Å². The molecule has 1 aliphatic carbocycles. The van der Waals surface area contributed by atoms with Gasteiger partial charge in [-0.2, -0.15) is 0 Å². The van der Waals surface area contributed by atoms with Crippen molar-refractivity contribution in [2.24, 2.45) is 5.41 Å². The third-order valence-corrected chi connectivity index (χ3v) is 3.92. The average Bonchev–Trinajstić information content (AvgIpc) is 2.42. The molecule has 20 heavy (non-hydrogen) atoms. The Hall–Kier alpha value is -1.30. The molecule has 0 spiro atoms. The minimum atomic E-state index is -0.787. The largest absolute Gasteiger partial charge is 0.481 e. The number of nitrogens with zero attached hydrogens (tertiary/aromatic N) is 1. The number of aliphatic carboxylic acids is 1. The van der Waals surface area contributed by atoms with Crippen molar-refractivity contribution in [3.8, 4) is 0 Å². The molecule has 1 fully saturated rings. The fourth-order valence-electron chi connectivity index (χ4n) is 2.60. The molecule has 3 N–H and O–H groups in total. The van der Waals surface area contributed by atoms with E-state index < -0.39 is 11.4 Å². The number of hydrogen-bond acceptors (Lipinski definition) is 3. The Morgan fingerprint density at radius 1 is 1.15 bits per heavy atom. The summed E-state index contributed by atoms with van der Waals surface area (Å²) >= 11 is 0. The highest BCUT2D eigenvalue weighted by atomic mass is 16.4. The van der Waals surface area contributed by atoms with E-state index >= 15 is 0 Å². The van der Waals surface area contributed by atoms with Crippen LogP contribution >= 0.6 is 0 Å². The molecule has 0 saturated heterocycles. The summed E-state index contributed by atoms with van der Waals surface area (Å²) in [6.07, 6.45) is 5.14. The van der Waals surface area contributed by atoms with Crippen LogP contribution in [0.4, 0.5) is 4.79 Å². The van der Waals surface area contributed by atoms with Crippen LogP contribution < -0.4 is 10.6 Å². The van der Waals surface area contributed by atoms with Gasteiger partial charge in [-0.3, -0.25) is 4.79 Å². The predicted octanol–water partition coefficient (Wildman–Crippen LogP) is 1.27. The van der Waals surface area contributed by atoms with Gasteiger partial charge in [-0.05, 0) is 39.9 Å². The number of rotatable bonds is 7. The average molecular weight is 285 g/mol. The molecule has 6 nitrogen and oxygen atoms in total. The number of urea groups is 1. The Kier molecular flexibility index (Phi) is 6.78. The lowest BCUT2D eigenvalue weighted by atomic mass is 9.74. The molecule has 1 saturated carbocycles. The first-order valence-corrected chi connectivity index (χ1v) is 7.36. The third kappa shape index (κ3) is 5.36. The first-order valence-electron chi connectivity index (χ1n) is 7.36. The van der Waals surface area contributed by atoms with Crippen LogP contribution in [-0.4, -0.2) is 55.7 Å². The highest BCUT2D eigenvalue weighted by Gasteiger charge is 2.39. The maximum Gasteiger partial charge on any atom is 0.314 e. The molecule has 0 aromatic carbocycles. The molecule has 116 valence electrons. The molecule has 0 aromatic rings. The van der Waals surface area contributed by atoms with Gasteiger partial charge in [-0.25, -0.2) is 4.79 Å². The monoisotopic (exact) mass is 285 g/mol. The second-order valence-electron chi connectivity index (χ2n) is 5.91. The van der Waals surface area contributed by atoms with Crippen molar-refractivity contribution in [2.75, 3.05) is 33.7 Å². The van der Waals surface area contributed by atoms with E-state index in [0.29, 0.717) is 19.4 Å². The van der Waals surface area contributed by atoms with E-state index in [1.54, 1.807) is 0 Å². The Balaban J connectivity index is 2.29. The van der Waals surface area contributed by atoms with Gasteiger partial charge in [0.2, 0.25) is 0 Å². The molecule has 0 unspecified atom stereocenters.